The van der Waals surface area contributed by atoms with Gasteiger partial charge in [0.05, 0.1) is 5.02 Å². The second kappa shape index (κ2) is 6.36. The minimum atomic E-state index is 0.456. The lowest BCUT2D eigenvalue weighted by atomic mass is 10.2. The van der Waals surface area contributed by atoms with Crippen LogP contribution < -0.4 is 5.32 Å². The Morgan fingerprint density at radius 1 is 1.42 bits per heavy atom. The van der Waals surface area contributed by atoms with Crippen LogP contribution in [-0.4, -0.2) is 26.2 Å². The lowest BCUT2D eigenvalue weighted by molar-refractivity contribution is 0.588. The Labute approximate surface area is 121 Å². The van der Waals surface area contributed by atoms with Crippen molar-refractivity contribution in [3.63, 3.8) is 0 Å². The molecule has 0 aliphatic rings. The van der Waals surface area contributed by atoms with Crippen LogP contribution in [0.15, 0.2) is 28.3 Å². The highest BCUT2D eigenvalue weighted by Crippen LogP contribution is 2.32. The molecule has 0 atom stereocenters. The van der Waals surface area contributed by atoms with Gasteiger partial charge in [-0.05, 0) is 39.9 Å². The van der Waals surface area contributed by atoms with Crippen molar-refractivity contribution in [2.24, 2.45) is 7.05 Å². The molecule has 0 unspecified atom stereocenters. The molecule has 0 bridgehead atoms. The number of rotatable bonds is 5. The van der Waals surface area contributed by atoms with Crippen molar-refractivity contribution in [3.05, 3.63) is 28.8 Å². The molecule has 1 N–H and O–H groups in total. The molecule has 1 aromatic heterocycles. The largest absolute Gasteiger partial charge is 0.310 e. The van der Waals surface area contributed by atoms with Gasteiger partial charge in [-0.25, -0.2) is 4.68 Å². The SMILES string of the molecule is CC(C)NCc1ccc(Sc2nnnn2C)c(Cl)c1. The van der Waals surface area contributed by atoms with Gasteiger partial charge in [0.15, 0.2) is 0 Å². The average Bonchev–Trinajstić information content (AvgIpc) is 2.75. The lowest BCUT2D eigenvalue weighted by Crippen LogP contribution is -2.21. The molecule has 0 aliphatic heterocycles. The fourth-order valence-corrected chi connectivity index (χ4v) is 2.52. The van der Waals surface area contributed by atoms with Crippen LogP contribution in [0.25, 0.3) is 0 Å². The van der Waals surface area contributed by atoms with Crippen LogP contribution in [0, 0.1) is 0 Å². The number of nitrogens with zero attached hydrogens (tertiary/aromatic N) is 4. The molecular weight excluding hydrogens is 282 g/mol. The van der Waals surface area contributed by atoms with E-state index >= 15 is 0 Å². The Hall–Kier alpha value is -1.11. The number of hydrogen-bond acceptors (Lipinski definition) is 5. The highest BCUT2D eigenvalue weighted by Gasteiger charge is 2.09. The summed E-state index contributed by atoms with van der Waals surface area (Å²) < 4.78 is 1.62. The van der Waals surface area contributed by atoms with Gasteiger partial charge in [0.25, 0.3) is 0 Å². The quantitative estimate of drug-likeness (QED) is 0.919. The summed E-state index contributed by atoms with van der Waals surface area (Å²) >= 11 is 7.74. The monoisotopic (exact) mass is 297 g/mol. The zero-order chi connectivity index (χ0) is 13.8. The molecular formula is C12H16ClN5S. The Morgan fingerprint density at radius 3 is 2.79 bits per heavy atom. The van der Waals surface area contributed by atoms with Gasteiger partial charge in [-0.3, -0.25) is 0 Å². The zero-order valence-corrected chi connectivity index (χ0v) is 12.7. The van der Waals surface area contributed by atoms with Crippen LogP contribution in [0.2, 0.25) is 5.02 Å². The van der Waals surface area contributed by atoms with Crippen molar-refractivity contribution < 1.29 is 0 Å². The summed E-state index contributed by atoms with van der Waals surface area (Å²) in [7, 11) is 1.80. The van der Waals surface area contributed by atoms with Crippen LogP contribution in [0.3, 0.4) is 0 Å². The Balaban J connectivity index is 2.09. The van der Waals surface area contributed by atoms with Crippen molar-refractivity contribution in [2.75, 3.05) is 0 Å². The number of hydrogen-bond donors (Lipinski definition) is 1. The number of benzene rings is 1. The van der Waals surface area contributed by atoms with E-state index in [1.54, 1.807) is 11.7 Å². The molecule has 7 heteroatoms. The molecule has 1 heterocycles. The smallest absolute Gasteiger partial charge is 0.213 e. The van der Waals surface area contributed by atoms with E-state index in [2.05, 4.69) is 40.8 Å². The number of tetrazole rings is 1. The van der Waals surface area contributed by atoms with Gasteiger partial charge >= 0.3 is 0 Å². The summed E-state index contributed by atoms with van der Waals surface area (Å²) in [4.78, 5) is 0.952. The van der Waals surface area contributed by atoms with E-state index in [9.17, 15) is 0 Å². The predicted molar refractivity (Wildman–Crippen MR) is 76.3 cm³/mol. The third kappa shape index (κ3) is 3.92. The van der Waals surface area contributed by atoms with Crippen LogP contribution in [0.5, 0.6) is 0 Å². The van der Waals surface area contributed by atoms with Gasteiger partial charge in [0.2, 0.25) is 5.16 Å². The summed E-state index contributed by atoms with van der Waals surface area (Å²) in [6, 6.07) is 6.49. The number of aromatic nitrogens is 4. The molecule has 0 saturated heterocycles. The highest BCUT2D eigenvalue weighted by atomic mass is 35.5. The van der Waals surface area contributed by atoms with E-state index in [0.717, 1.165) is 21.6 Å². The first-order valence-electron chi connectivity index (χ1n) is 5.98. The molecule has 102 valence electrons. The van der Waals surface area contributed by atoms with Crippen molar-refractivity contribution in [1.82, 2.24) is 25.5 Å². The first-order chi connectivity index (χ1) is 9.06. The topological polar surface area (TPSA) is 55.6 Å². The average molecular weight is 298 g/mol. The Morgan fingerprint density at radius 2 is 2.21 bits per heavy atom. The summed E-state index contributed by atoms with van der Waals surface area (Å²) in [5, 5.41) is 16.1. The second-order valence-electron chi connectivity index (χ2n) is 4.49. The normalized spacial score (nSPS) is 11.2. The number of halogens is 1. The van der Waals surface area contributed by atoms with Crippen LogP contribution in [0.4, 0.5) is 0 Å². The summed E-state index contributed by atoms with van der Waals surface area (Å²) in [5.74, 6) is 0. The minimum Gasteiger partial charge on any atom is -0.310 e. The predicted octanol–water partition coefficient (Wildman–Crippen LogP) is 2.51. The van der Waals surface area contributed by atoms with E-state index in [-0.39, 0.29) is 0 Å². The first-order valence-corrected chi connectivity index (χ1v) is 7.17. The fourth-order valence-electron chi connectivity index (χ4n) is 1.47. The molecule has 0 aliphatic carbocycles. The van der Waals surface area contributed by atoms with E-state index in [1.165, 1.54) is 17.3 Å². The Kier molecular flexibility index (Phi) is 4.79. The number of nitrogens with one attached hydrogen (secondary N) is 1. The van der Waals surface area contributed by atoms with E-state index in [1.807, 2.05) is 12.1 Å². The minimum absolute atomic E-state index is 0.456. The number of aryl methyl sites for hydroxylation is 1. The molecule has 0 spiro atoms. The maximum Gasteiger partial charge on any atom is 0.213 e. The Bertz CT molecular complexity index is 555. The van der Waals surface area contributed by atoms with E-state index in [4.69, 9.17) is 11.6 Å². The van der Waals surface area contributed by atoms with Crippen molar-refractivity contribution in [3.8, 4) is 0 Å². The summed E-state index contributed by atoms with van der Waals surface area (Å²) in [5.41, 5.74) is 1.17. The zero-order valence-electron chi connectivity index (χ0n) is 11.1. The van der Waals surface area contributed by atoms with Gasteiger partial charge in [0, 0.05) is 24.5 Å². The molecule has 19 heavy (non-hydrogen) atoms. The van der Waals surface area contributed by atoms with Gasteiger partial charge in [-0.2, -0.15) is 0 Å². The third-order valence-electron chi connectivity index (χ3n) is 2.49. The van der Waals surface area contributed by atoms with Gasteiger partial charge in [-0.15, -0.1) is 5.10 Å². The van der Waals surface area contributed by atoms with Crippen molar-refractivity contribution >= 4 is 23.4 Å². The highest BCUT2D eigenvalue weighted by molar-refractivity contribution is 7.99. The van der Waals surface area contributed by atoms with Crippen LogP contribution >= 0.6 is 23.4 Å². The molecule has 0 fully saturated rings. The molecule has 2 aromatic rings. The van der Waals surface area contributed by atoms with E-state index in [0.29, 0.717) is 6.04 Å². The molecule has 1 aromatic carbocycles. The summed E-state index contributed by atoms with van der Waals surface area (Å²) in [6.07, 6.45) is 0. The summed E-state index contributed by atoms with van der Waals surface area (Å²) in [6.45, 7) is 5.05. The molecule has 0 radical (unpaired) electrons. The van der Waals surface area contributed by atoms with Gasteiger partial charge in [0.1, 0.15) is 0 Å². The maximum atomic E-state index is 6.29. The molecule has 0 amide bonds. The fraction of sp³-hybridized carbons (Fsp3) is 0.417. The van der Waals surface area contributed by atoms with E-state index < -0.39 is 0 Å². The first kappa shape index (κ1) is 14.3. The van der Waals surface area contributed by atoms with Crippen molar-refractivity contribution in [2.45, 2.75) is 36.5 Å². The van der Waals surface area contributed by atoms with Crippen LogP contribution in [-0.2, 0) is 13.6 Å². The lowest BCUT2D eigenvalue weighted by Gasteiger charge is -2.09. The molecule has 0 saturated carbocycles. The van der Waals surface area contributed by atoms with Crippen molar-refractivity contribution in [1.29, 1.82) is 0 Å². The molecule has 5 nitrogen and oxygen atoms in total. The van der Waals surface area contributed by atoms with Crippen LogP contribution in [0.1, 0.15) is 19.4 Å². The third-order valence-corrected chi connectivity index (χ3v) is 4.02. The molecule has 2 rings (SSSR count). The second-order valence-corrected chi connectivity index (χ2v) is 5.90. The maximum absolute atomic E-state index is 6.29. The standard InChI is InChI=1S/C12H16ClN5S/c1-8(2)14-7-9-4-5-11(10(13)6-9)19-12-15-16-17-18(12)3/h4-6,8,14H,7H2,1-3H3. The van der Waals surface area contributed by atoms with Gasteiger partial charge < -0.3 is 5.32 Å². The van der Waals surface area contributed by atoms with Gasteiger partial charge in [-0.1, -0.05) is 31.5 Å².